The Kier molecular flexibility index (Phi) is 7.27. The molecule has 3 rings (SSSR count). The SMILES string of the molecule is O=C(CCCc1nc(-c2ccccc2)no1)NCCSCc1cccs1. The summed E-state index contributed by atoms with van der Waals surface area (Å²) in [5.74, 6) is 3.17. The van der Waals surface area contributed by atoms with Crippen molar-refractivity contribution in [3.8, 4) is 11.4 Å². The van der Waals surface area contributed by atoms with Gasteiger partial charge in [0.15, 0.2) is 0 Å². The smallest absolute Gasteiger partial charge is 0.226 e. The van der Waals surface area contributed by atoms with Crippen LogP contribution in [0.25, 0.3) is 11.4 Å². The maximum atomic E-state index is 11.9. The van der Waals surface area contributed by atoms with Crippen LogP contribution in [0.5, 0.6) is 0 Å². The molecule has 0 fully saturated rings. The van der Waals surface area contributed by atoms with Crippen LogP contribution in [0.1, 0.15) is 23.6 Å². The minimum absolute atomic E-state index is 0.0736. The van der Waals surface area contributed by atoms with Gasteiger partial charge < -0.3 is 9.84 Å². The lowest BCUT2D eigenvalue weighted by Crippen LogP contribution is -2.25. The number of hydrogen-bond acceptors (Lipinski definition) is 6. The first kappa shape index (κ1) is 18.7. The predicted octanol–water partition coefficient (Wildman–Crippen LogP) is 4.17. The van der Waals surface area contributed by atoms with Gasteiger partial charge in [0.25, 0.3) is 0 Å². The fraction of sp³-hybridized carbons (Fsp3) is 0.316. The number of rotatable bonds is 10. The number of aryl methyl sites for hydroxylation is 1. The molecule has 0 bridgehead atoms. The van der Waals surface area contributed by atoms with Gasteiger partial charge in [-0.25, -0.2) is 0 Å². The summed E-state index contributed by atoms with van der Waals surface area (Å²) >= 11 is 3.61. The predicted molar refractivity (Wildman–Crippen MR) is 106 cm³/mol. The van der Waals surface area contributed by atoms with Crippen molar-refractivity contribution < 1.29 is 9.32 Å². The highest BCUT2D eigenvalue weighted by Gasteiger charge is 2.09. The van der Waals surface area contributed by atoms with Gasteiger partial charge in [-0.2, -0.15) is 16.7 Å². The molecule has 0 aliphatic rings. The Morgan fingerprint density at radius 2 is 2.08 bits per heavy atom. The molecule has 3 aromatic rings. The van der Waals surface area contributed by atoms with Gasteiger partial charge in [0.2, 0.25) is 17.6 Å². The number of amides is 1. The van der Waals surface area contributed by atoms with Crippen LogP contribution < -0.4 is 5.32 Å². The van der Waals surface area contributed by atoms with Gasteiger partial charge >= 0.3 is 0 Å². The second kappa shape index (κ2) is 10.1. The Morgan fingerprint density at radius 3 is 2.88 bits per heavy atom. The summed E-state index contributed by atoms with van der Waals surface area (Å²) in [6.07, 6.45) is 1.78. The number of aromatic nitrogens is 2. The number of nitrogens with zero attached hydrogens (tertiary/aromatic N) is 2. The molecule has 0 aliphatic carbocycles. The summed E-state index contributed by atoms with van der Waals surface area (Å²) in [6.45, 7) is 0.702. The number of carbonyl (C=O) groups is 1. The van der Waals surface area contributed by atoms with E-state index in [1.165, 1.54) is 4.88 Å². The van der Waals surface area contributed by atoms with E-state index in [4.69, 9.17) is 4.52 Å². The van der Waals surface area contributed by atoms with Crippen molar-refractivity contribution in [1.29, 1.82) is 0 Å². The number of thioether (sulfide) groups is 1. The molecule has 26 heavy (non-hydrogen) atoms. The van der Waals surface area contributed by atoms with Crippen molar-refractivity contribution in [2.45, 2.75) is 25.0 Å². The van der Waals surface area contributed by atoms with Gasteiger partial charge in [0.1, 0.15) is 0 Å². The highest BCUT2D eigenvalue weighted by atomic mass is 32.2. The molecule has 0 spiro atoms. The fourth-order valence-corrected chi connectivity index (χ4v) is 4.08. The summed E-state index contributed by atoms with van der Waals surface area (Å²) in [6, 6.07) is 13.9. The molecule has 1 amide bonds. The maximum Gasteiger partial charge on any atom is 0.226 e. The average molecular weight is 388 g/mol. The summed E-state index contributed by atoms with van der Waals surface area (Å²) in [7, 11) is 0. The third-order valence-corrected chi connectivity index (χ3v) is 5.75. The highest BCUT2D eigenvalue weighted by Crippen LogP contribution is 2.17. The Bertz CT molecular complexity index is 788. The van der Waals surface area contributed by atoms with E-state index in [2.05, 4.69) is 33.0 Å². The lowest BCUT2D eigenvalue weighted by molar-refractivity contribution is -0.121. The monoisotopic (exact) mass is 387 g/mol. The van der Waals surface area contributed by atoms with E-state index in [-0.39, 0.29) is 5.91 Å². The molecule has 0 atom stereocenters. The molecular formula is C19H21N3O2S2. The molecule has 0 radical (unpaired) electrons. The van der Waals surface area contributed by atoms with Gasteiger partial charge in [-0.3, -0.25) is 4.79 Å². The number of carbonyl (C=O) groups excluding carboxylic acids is 1. The first-order valence-corrected chi connectivity index (χ1v) is 10.6. The molecule has 5 nitrogen and oxygen atoms in total. The van der Waals surface area contributed by atoms with Gasteiger partial charge in [0, 0.05) is 41.3 Å². The molecule has 136 valence electrons. The van der Waals surface area contributed by atoms with E-state index < -0.39 is 0 Å². The lowest BCUT2D eigenvalue weighted by atomic mass is 10.2. The van der Waals surface area contributed by atoms with E-state index in [9.17, 15) is 4.79 Å². The van der Waals surface area contributed by atoms with Gasteiger partial charge in [-0.1, -0.05) is 41.6 Å². The first-order chi connectivity index (χ1) is 12.8. The molecule has 1 aromatic carbocycles. The van der Waals surface area contributed by atoms with Crippen LogP contribution >= 0.6 is 23.1 Å². The standard InChI is InChI=1S/C19H21N3O2S2/c23-17(20-11-13-25-14-16-8-5-12-26-16)9-4-10-18-21-19(22-24-18)15-6-2-1-3-7-15/h1-3,5-8,12H,4,9-11,13-14H2,(H,20,23). The maximum absolute atomic E-state index is 11.9. The van der Waals surface area contributed by atoms with Crippen LogP contribution in [0.2, 0.25) is 0 Å². The highest BCUT2D eigenvalue weighted by molar-refractivity contribution is 7.98. The van der Waals surface area contributed by atoms with E-state index in [1.807, 2.05) is 42.1 Å². The summed E-state index contributed by atoms with van der Waals surface area (Å²) < 4.78 is 5.25. The summed E-state index contributed by atoms with van der Waals surface area (Å²) in [4.78, 5) is 17.6. The molecule has 1 N–H and O–H groups in total. The Hall–Kier alpha value is -2.12. The van der Waals surface area contributed by atoms with Crippen molar-refractivity contribution in [1.82, 2.24) is 15.5 Å². The molecule has 2 aromatic heterocycles. The van der Waals surface area contributed by atoms with E-state index in [0.717, 1.165) is 17.1 Å². The van der Waals surface area contributed by atoms with Gasteiger partial charge in [-0.05, 0) is 17.9 Å². The van der Waals surface area contributed by atoms with Crippen molar-refractivity contribution >= 4 is 29.0 Å². The van der Waals surface area contributed by atoms with E-state index in [0.29, 0.717) is 37.5 Å². The Morgan fingerprint density at radius 1 is 1.19 bits per heavy atom. The molecule has 0 unspecified atom stereocenters. The second-order valence-corrected chi connectivity index (χ2v) is 7.85. The van der Waals surface area contributed by atoms with Crippen molar-refractivity contribution in [3.63, 3.8) is 0 Å². The van der Waals surface area contributed by atoms with Crippen LogP contribution in [0.4, 0.5) is 0 Å². The zero-order chi connectivity index (χ0) is 18.0. The second-order valence-electron chi connectivity index (χ2n) is 5.71. The largest absolute Gasteiger partial charge is 0.355 e. The third-order valence-electron chi connectivity index (χ3n) is 3.69. The fourth-order valence-electron chi connectivity index (χ4n) is 2.38. The van der Waals surface area contributed by atoms with Gasteiger partial charge in [0.05, 0.1) is 0 Å². The van der Waals surface area contributed by atoms with Gasteiger partial charge in [-0.15, -0.1) is 11.3 Å². The first-order valence-electron chi connectivity index (χ1n) is 8.56. The van der Waals surface area contributed by atoms with E-state index in [1.54, 1.807) is 11.3 Å². The van der Waals surface area contributed by atoms with E-state index >= 15 is 0 Å². The number of hydrogen-bond donors (Lipinski definition) is 1. The average Bonchev–Trinajstić information content (AvgIpc) is 3.34. The van der Waals surface area contributed by atoms with Crippen molar-refractivity contribution in [3.05, 3.63) is 58.6 Å². The molecule has 0 aliphatic heterocycles. The number of nitrogens with one attached hydrogen (secondary N) is 1. The van der Waals surface area contributed by atoms with Crippen LogP contribution in [0, 0.1) is 0 Å². The number of benzene rings is 1. The van der Waals surface area contributed by atoms with Crippen LogP contribution in [0.3, 0.4) is 0 Å². The zero-order valence-corrected chi connectivity index (χ0v) is 16.0. The molecular weight excluding hydrogens is 366 g/mol. The summed E-state index contributed by atoms with van der Waals surface area (Å²) in [5, 5.41) is 9.03. The molecule has 0 saturated carbocycles. The van der Waals surface area contributed by atoms with Crippen LogP contribution in [-0.2, 0) is 17.0 Å². The normalized spacial score (nSPS) is 10.8. The Balaban J connectivity index is 1.28. The van der Waals surface area contributed by atoms with Crippen molar-refractivity contribution in [2.75, 3.05) is 12.3 Å². The van der Waals surface area contributed by atoms with Crippen molar-refractivity contribution in [2.24, 2.45) is 0 Å². The quantitative estimate of drug-likeness (QED) is 0.529. The number of thiophene rings is 1. The van der Waals surface area contributed by atoms with Crippen LogP contribution in [-0.4, -0.2) is 28.3 Å². The lowest BCUT2D eigenvalue weighted by Gasteiger charge is -2.04. The summed E-state index contributed by atoms with van der Waals surface area (Å²) in [5.41, 5.74) is 0.931. The van der Waals surface area contributed by atoms with Crippen LogP contribution in [0.15, 0.2) is 52.4 Å². The Labute approximate surface area is 161 Å². The molecule has 2 heterocycles. The topological polar surface area (TPSA) is 68.0 Å². The minimum Gasteiger partial charge on any atom is -0.355 e. The minimum atomic E-state index is 0.0736. The third kappa shape index (κ3) is 6.00. The molecule has 7 heteroatoms. The zero-order valence-electron chi connectivity index (χ0n) is 14.4. The molecule has 0 saturated heterocycles.